The van der Waals surface area contributed by atoms with Crippen molar-refractivity contribution in [2.24, 2.45) is 5.92 Å². The van der Waals surface area contributed by atoms with Crippen LogP contribution >= 0.6 is 23.2 Å². The van der Waals surface area contributed by atoms with E-state index in [1.54, 1.807) is 11.0 Å². The normalized spacial score (nSPS) is 19.1. The van der Waals surface area contributed by atoms with E-state index in [9.17, 15) is 4.79 Å². The second-order valence-electron chi connectivity index (χ2n) is 8.29. The fourth-order valence-corrected chi connectivity index (χ4v) is 4.74. The van der Waals surface area contributed by atoms with Crippen LogP contribution in [0.3, 0.4) is 0 Å². The quantitative estimate of drug-likeness (QED) is 0.560. The van der Waals surface area contributed by atoms with Crippen LogP contribution in [0.1, 0.15) is 12.8 Å². The molecule has 0 radical (unpaired) electrons. The Labute approximate surface area is 201 Å². The molecule has 2 aromatic heterocycles. The summed E-state index contributed by atoms with van der Waals surface area (Å²) in [5, 5.41) is 13.8. The minimum atomic E-state index is -0.0351. The van der Waals surface area contributed by atoms with E-state index < -0.39 is 0 Å². The van der Waals surface area contributed by atoms with Crippen LogP contribution in [0.2, 0.25) is 10.0 Å². The van der Waals surface area contributed by atoms with Crippen LogP contribution in [0.25, 0.3) is 5.82 Å². The third-order valence-corrected chi connectivity index (χ3v) is 6.98. The number of amides is 1. The molecule has 33 heavy (non-hydrogen) atoms. The second kappa shape index (κ2) is 9.52. The fraction of sp³-hybridized carbons (Fsp3) is 0.409. The predicted molar refractivity (Wildman–Crippen MR) is 127 cm³/mol. The van der Waals surface area contributed by atoms with E-state index in [2.05, 4.69) is 30.1 Å². The molecule has 1 amide bonds. The molecule has 0 saturated carbocycles. The molecule has 0 N–H and O–H groups in total. The Morgan fingerprint density at radius 1 is 0.909 bits per heavy atom. The fourth-order valence-electron chi connectivity index (χ4n) is 4.45. The molecule has 1 aromatic carbocycles. The molecule has 1 unspecified atom stereocenters. The van der Waals surface area contributed by atoms with E-state index in [0.29, 0.717) is 35.5 Å². The Morgan fingerprint density at radius 2 is 1.70 bits per heavy atom. The highest BCUT2D eigenvalue weighted by Gasteiger charge is 2.31. The highest BCUT2D eigenvalue weighted by Crippen LogP contribution is 2.28. The van der Waals surface area contributed by atoms with Crippen molar-refractivity contribution in [1.29, 1.82) is 0 Å². The van der Waals surface area contributed by atoms with Crippen molar-refractivity contribution in [2.45, 2.75) is 12.8 Å². The highest BCUT2D eigenvalue weighted by molar-refractivity contribution is 6.42. The summed E-state index contributed by atoms with van der Waals surface area (Å²) >= 11 is 12.2. The molecule has 2 aliphatic heterocycles. The lowest BCUT2D eigenvalue weighted by Crippen LogP contribution is -2.52. The number of nitrogens with zero attached hydrogens (tertiary/aromatic N) is 8. The van der Waals surface area contributed by atoms with Crippen molar-refractivity contribution in [3.05, 3.63) is 53.0 Å². The van der Waals surface area contributed by atoms with Gasteiger partial charge in [-0.25, -0.2) is 9.67 Å². The number of piperidine rings is 1. The first kappa shape index (κ1) is 21.9. The second-order valence-corrected chi connectivity index (χ2v) is 9.10. The first-order chi connectivity index (χ1) is 16.1. The SMILES string of the molecule is O=C(C1CCCN(c2ccc(-n3cncn3)nn2)C1)N1CCN(c2ccc(Cl)c(Cl)c2)CC1. The van der Waals surface area contributed by atoms with Gasteiger partial charge in [0.25, 0.3) is 0 Å². The van der Waals surface area contributed by atoms with Crippen molar-refractivity contribution in [3.8, 4) is 5.82 Å². The summed E-state index contributed by atoms with van der Waals surface area (Å²) in [5.74, 6) is 1.58. The summed E-state index contributed by atoms with van der Waals surface area (Å²) < 4.78 is 1.57. The van der Waals surface area contributed by atoms with Gasteiger partial charge in [0.05, 0.1) is 16.0 Å². The van der Waals surface area contributed by atoms with Crippen LogP contribution in [-0.2, 0) is 4.79 Å². The zero-order valence-corrected chi connectivity index (χ0v) is 19.5. The maximum absolute atomic E-state index is 13.3. The van der Waals surface area contributed by atoms with Gasteiger partial charge in [0.1, 0.15) is 12.7 Å². The summed E-state index contributed by atoms with van der Waals surface area (Å²) in [4.78, 5) is 23.6. The Kier molecular flexibility index (Phi) is 6.32. The van der Waals surface area contributed by atoms with Crippen molar-refractivity contribution in [1.82, 2.24) is 29.9 Å². The molecule has 9 nitrogen and oxygen atoms in total. The maximum Gasteiger partial charge on any atom is 0.227 e. The lowest BCUT2D eigenvalue weighted by molar-refractivity contribution is -0.136. The summed E-state index contributed by atoms with van der Waals surface area (Å²) in [5.41, 5.74) is 1.04. The largest absolute Gasteiger partial charge is 0.368 e. The monoisotopic (exact) mass is 486 g/mol. The van der Waals surface area contributed by atoms with E-state index in [1.165, 1.54) is 6.33 Å². The van der Waals surface area contributed by atoms with E-state index in [-0.39, 0.29) is 11.8 Å². The lowest BCUT2D eigenvalue weighted by Gasteiger charge is -2.40. The molecule has 172 valence electrons. The smallest absolute Gasteiger partial charge is 0.227 e. The Bertz CT molecular complexity index is 1100. The van der Waals surface area contributed by atoms with E-state index in [0.717, 1.165) is 44.0 Å². The molecule has 2 saturated heterocycles. The average molecular weight is 487 g/mol. The molecular weight excluding hydrogens is 463 g/mol. The molecule has 4 heterocycles. The Morgan fingerprint density at radius 3 is 2.39 bits per heavy atom. The first-order valence-electron chi connectivity index (χ1n) is 11.0. The molecule has 11 heteroatoms. The number of carbonyl (C=O) groups excluding carboxylic acids is 1. The summed E-state index contributed by atoms with van der Waals surface area (Å²) in [6, 6.07) is 9.46. The first-order valence-corrected chi connectivity index (χ1v) is 11.8. The summed E-state index contributed by atoms with van der Waals surface area (Å²) in [7, 11) is 0. The number of piperazine rings is 1. The number of hydrogen-bond acceptors (Lipinski definition) is 7. The van der Waals surface area contributed by atoms with Gasteiger partial charge in [-0.05, 0) is 43.2 Å². The van der Waals surface area contributed by atoms with Crippen LogP contribution in [0.15, 0.2) is 43.0 Å². The zero-order valence-electron chi connectivity index (χ0n) is 18.0. The molecule has 1 atom stereocenters. The molecule has 2 aliphatic rings. The predicted octanol–water partition coefficient (Wildman–Crippen LogP) is 2.93. The number of anilines is 2. The minimum absolute atomic E-state index is 0.0351. The third-order valence-electron chi connectivity index (χ3n) is 6.24. The minimum Gasteiger partial charge on any atom is -0.368 e. The topological polar surface area (TPSA) is 83.3 Å². The van der Waals surface area contributed by atoms with E-state index in [1.807, 2.05) is 35.2 Å². The summed E-state index contributed by atoms with van der Waals surface area (Å²) in [6.07, 6.45) is 4.89. The van der Waals surface area contributed by atoms with Gasteiger partial charge in [-0.2, -0.15) is 5.10 Å². The maximum atomic E-state index is 13.3. The van der Waals surface area contributed by atoms with Crippen molar-refractivity contribution in [3.63, 3.8) is 0 Å². The van der Waals surface area contributed by atoms with Gasteiger partial charge >= 0.3 is 0 Å². The number of carbonyl (C=O) groups is 1. The van der Waals surface area contributed by atoms with Gasteiger partial charge in [0, 0.05) is 45.0 Å². The Balaban J connectivity index is 1.18. The lowest BCUT2D eigenvalue weighted by atomic mass is 9.96. The molecule has 0 aliphatic carbocycles. The van der Waals surface area contributed by atoms with Gasteiger partial charge < -0.3 is 14.7 Å². The standard InChI is InChI=1S/C22H24Cl2N8O/c23-18-4-3-17(12-19(18)24)29-8-10-30(11-9-29)22(33)16-2-1-7-31(13-16)20-5-6-21(28-27-20)32-15-25-14-26-32/h3-6,12,14-16H,1-2,7-11,13H2. The van der Waals surface area contributed by atoms with Crippen LogP contribution in [0.4, 0.5) is 11.5 Å². The number of halogens is 2. The van der Waals surface area contributed by atoms with Crippen LogP contribution in [-0.4, -0.2) is 75.0 Å². The van der Waals surface area contributed by atoms with Crippen LogP contribution < -0.4 is 9.80 Å². The van der Waals surface area contributed by atoms with Gasteiger partial charge in [-0.3, -0.25) is 4.79 Å². The molecule has 0 bridgehead atoms. The van der Waals surface area contributed by atoms with Crippen LogP contribution in [0.5, 0.6) is 0 Å². The summed E-state index contributed by atoms with van der Waals surface area (Å²) in [6.45, 7) is 4.46. The molecule has 3 aromatic rings. The van der Waals surface area contributed by atoms with Crippen molar-refractivity contribution >= 4 is 40.6 Å². The number of benzene rings is 1. The van der Waals surface area contributed by atoms with E-state index >= 15 is 0 Å². The average Bonchev–Trinajstić information content (AvgIpc) is 3.41. The number of rotatable bonds is 4. The molecule has 0 spiro atoms. The van der Waals surface area contributed by atoms with Crippen molar-refractivity contribution < 1.29 is 4.79 Å². The third kappa shape index (κ3) is 4.74. The Hall–Kier alpha value is -2.91. The molecule has 2 fully saturated rings. The van der Waals surface area contributed by atoms with Gasteiger partial charge in [0.15, 0.2) is 11.6 Å². The van der Waals surface area contributed by atoms with Gasteiger partial charge in [-0.1, -0.05) is 23.2 Å². The number of aromatic nitrogens is 5. The highest BCUT2D eigenvalue weighted by atomic mass is 35.5. The van der Waals surface area contributed by atoms with Crippen LogP contribution in [0, 0.1) is 5.92 Å². The van der Waals surface area contributed by atoms with Gasteiger partial charge in [-0.15, -0.1) is 10.2 Å². The molecular formula is C22H24Cl2N8O. The number of hydrogen-bond donors (Lipinski definition) is 0. The van der Waals surface area contributed by atoms with E-state index in [4.69, 9.17) is 23.2 Å². The molecule has 5 rings (SSSR count). The van der Waals surface area contributed by atoms with Crippen molar-refractivity contribution in [2.75, 3.05) is 49.1 Å². The van der Waals surface area contributed by atoms with Gasteiger partial charge in [0.2, 0.25) is 5.91 Å². The zero-order chi connectivity index (χ0) is 22.8.